The van der Waals surface area contributed by atoms with Crippen molar-refractivity contribution in [3.8, 4) is 12.1 Å². The second-order valence-electron chi connectivity index (χ2n) is 4.51. The number of hydrogen-bond acceptors (Lipinski definition) is 3. The summed E-state index contributed by atoms with van der Waals surface area (Å²) >= 11 is -2.70. The normalized spacial score (nSPS) is 9.50. The van der Waals surface area contributed by atoms with Gasteiger partial charge in [0.1, 0.15) is 0 Å². The van der Waals surface area contributed by atoms with Gasteiger partial charge in [-0.3, -0.25) is 0 Å². The Labute approximate surface area is 125 Å². The van der Waals surface area contributed by atoms with E-state index in [-0.39, 0.29) is 0 Å². The van der Waals surface area contributed by atoms with Crippen LogP contribution in [0.4, 0.5) is 0 Å². The van der Waals surface area contributed by atoms with E-state index in [1.54, 1.807) is 24.3 Å². The summed E-state index contributed by atoms with van der Waals surface area (Å²) in [4.78, 5) is 0. The van der Waals surface area contributed by atoms with Crippen molar-refractivity contribution in [1.29, 1.82) is 10.5 Å². The molecule has 2 aromatic carbocycles. The summed E-state index contributed by atoms with van der Waals surface area (Å²) in [5.41, 5.74) is 3.30. The molecule has 0 bridgehead atoms. The average Bonchev–Trinajstić information content (AvgIpc) is 2.49. The summed E-state index contributed by atoms with van der Waals surface area (Å²) in [6.07, 6.45) is 0. The SMILES string of the molecule is N#Cc1ccc([CH2][Sn](=[O])[CH2]c2ccc(C#N)cc2)cc1. The zero-order chi connectivity index (χ0) is 14.4. The van der Waals surface area contributed by atoms with Crippen LogP contribution >= 0.6 is 0 Å². The third-order valence-corrected chi connectivity index (χ3v) is 7.55. The second-order valence-corrected chi connectivity index (χ2v) is 9.60. The van der Waals surface area contributed by atoms with Crippen molar-refractivity contribution in [3.05, 3.63) is 70.8 Å². The van der Waals surface area contributed by atoms with E-state index in [1.165, 1.54) is 0 Å². The molecule has 4 heteroatoms. The van der Waals surface area contributed by atoms with Crippen LogP contribution in [0.25, 0.3) is 0 Å². The Hall–Kier alpha value is -1.98. The van der Waals surface area contributed by atoms with Crippen molar-refractivity contribution in [2.45, 2.75) is 8.87 Å². The quantitative estimate of drug-likeness (QED) is 0.781. The molecular formula is C16H12N2OSn. The molecule has 2 rings (SSSR count). The van der Waals surface area contributed by atoms with Crippen LogP contribution in [0.5, 0.6) is 0 Å². The number of benzene rings is 2. The maximum atomic E-state index is 12.2. The van der Waals surface area contributed by atoms with E-state index >= 15 is 0 Å². The molecule has 0 spiro atoms. The van der Waals surface area contributed by atoms with E-state index < -0.39 is 19.7 Å². The van der Waals surface area contributed by atoms with Gasteiger partial charge in [0.05, 0.1) is 0 Å². The molecule has 0 atom stereocenters. The van der Waals surface area contributed by atoms with Gasteiger partial charge in [0, 0.05) is 0 Å². The van der Waals surface area contributed by atoms with E-state index in [2.05, 4.69) is 12.1 Å². The van der Waals surface area contributed by atoms with E-state index in [0.29, 0.717) is 20.0 Å². The molecule has 20 heavy (non-hydrogen) atoms. The fraction of sp³-hybridized carbons (Fsp3) is 0.125. The summed E-state index contributed by atoms with van der Waals surface area (Å²) in [6, 6.07) is 18.7. The van der Waals surface area contributed by atoms with E-state index in [9.17, 15) is 3.08 Å². The molecule has 0 N–H and O–H groups in total. The van der Waals surface area contributed by atoms with Crippen molar-refractivity contribution in [1.82, 2.24) is 0 Å². The summed E-state index contributed by atoms with van der Waals surface area (Å²) < 4.78 is 13.5. The third kappa shape index (κ3) is 4.01. The Balaban J connectivity index is 1.97. The molecule has 0 aliphatic carbocycles. The van der Waals surface area contributed by atoms with Crippen molar-refractivity contribution in [2.75, 3.05) is 0 Å². The summed E-state index contributed by atoms with van der Waals surface area (Å²) in [6.45, 7) is 0. The van der Waals surface area contributed by atoms with Gasteiger partial charge in [0.2, 0.25) is 0 Å². The molecule has 0 aliphatic heterocycles. The van der Waals surface area contributed by atoms with Crippen molar-refractivity contribution < 1.29 is 3.08 Å². The van der Waals surface area contributed by atoms with Crippen molar-refractivity contribution >= 4 is 19.7 Å². The summed E-state index contributed by atoms with van der Waals surface area (Å²) in [5, 5.41) is 17.5. The predicted octanol–water partition coefficient (Wildman–Crippen LogP) is 2.72. The average molecular weight is 367 g/mol. The van der Waals surface area contributed by atoms with Gasteiger partial charge < -0.3 is 0 Å². The standard InChI is InChI=1S/2C8H6N.O.Sn/c2*1-7-2-4-8(6-9)5-3-7;;/h2*2-5H,1H2;;. The van der Waals surface area contributed by atoms with Crippen molar-refractivity contribution in [2.24, 2.45) is 0 Å². The monoisotopic (exact) mass is 368 g/mol. The Morgan fingerprint density at radius 1 is 0.750 bits per heavy atom. The van der Waals surface area contributed by atoms with Crippen LogP contribution in [-0.4, -0.2) is 19.7 Å². The molecule has 3 nitrogen and oxygen atoms in total. The first kappa shape index (κ1) is 14.4. The van der Waals surface area contributed by atoms with Crippen molar-refractivity contribution in [3.63, 3.8) is 0 Å². The fourth-order valence-electron chi connectivity index (χ4n) is 1.91. The fourth-order valence-corrected chi connectivity index (χ4v) is 6.21. The van der Waals surface area contributed by atoms with Gasteiger partial charge in [0.25, 0.3) is 0 Å². The molecule has 0 saturated carbocycles. The van der Waals surface area contributed by atoms with Crippen LogP contribution in [0.3, 0.4) is 0 Å². The van der Waals surface area contributed by atoms with Crippen LogP contribution in [0.1, 0.15) is 22.3 Å². The second kappa shape index (κ2) is 6.98. The van der Waals surface area contributed by atoms with Gasteiger partial charge in [0.15, 0.2) is 0 Å². The molecule has 0 unspecified atom stereocenters. The van der Waals surface area contributed by atoms with Gasteiger partial charge in [-0.25, -0.2) is 0 Å². The minimum absolute atomic E-state index is 0.622. The van der Waals surface area contributed by atoms with Gasteiger partial charge >= 0.3 is 125 Å². The van der Waals surface area contributed by atoms with Crippen LogP contribution in [0, 0.1) is 22.7 Å². The Kier molecular flexibility index (Phi) is 5.03. The molecule has 0 aromatic heterocycles. The molecule has 0 heterocycles. The zero-order valence-corrected chi connectivity index (χ0v) is 13.7. The van der Waals surface area contributed by atoms with Gasteiger partial charge in [-0.15, -0.1) is 0 Å². The Morgan fingerprint density at radius 3 is 1.40 bits per heavy atom. The van der Waals surface area contributed by atoms with Crippen LogP contribution in [-0.2, 0) is 12.0 Å². The first-order chi connectivity index (χ1) is 9.71. The van der Waals surface area contributed by atoms with Gasteiger partial charge in [-0.1, -0.05) is 0 Å². The van der Waals surface area contributed by atoms with Crippen LogP contribution in [0.2, 0.25) is 0 Å². The predicted molar refractivity (Wildman–Crippen MR) is 76.2 cm³/mol. The first-order valence-electron chi connectivity index (χ1n) is 6.21. The summed E-state index contributed by atoms with van der Waals surface area (Å²) in [7, 11) is 0. The number of rotatable bonds is 4. The molecule has 2 aromatic rings. The number of nitriles is 2. The Morgan fingerprint density at radius 2 is 1.10 bits per heavy atom. The number of nitrogens with zero attached hydrogens (tertiary/aromatic N) is 2. The van der Waals surface area contributed by atoms with E-state index in [1.807, 2.05) is 24.3 Å². The molecule has 0 amide bonds. The van der Waals surface area contributed by atoms with Gasteiger partial charge in [-0.2, -0.15) is 0 Å². The van der Waals surface area contributed by atoms with Crippen LogP contribution in [0.15, 0.2) is 48.5 Å². The molecular weight excluding hydrogens is 355 g/mol. The van der Waals surface area contributed by atoms with E-state index in [0.717, 1.165) is 11.1 Å². The minimum atomic E-state index is -2.70. The topological polar surface area (TPSA) is 64.7 Å². The van der Waals surface area contributed by atoms with E-state index in [4.69, 9.17) is 10.5 Å². The molecule has 0 fully saturated rings. The molecule has 0 radical (unpaired) electrons. The van der Waals surface area contributed by atoms with Gasteiger partial charge in [-0.05, 0) is 0 Å². The zero-order valence-electron chi connectivity index (χ0n) is 10.8. The Bertz CT molecular complexity index is 630. The first-order valence-corrected chi connectivity index (χ1v) is 11.4. The molecule has 96 valence electrons. The van der Waals surface area contributed by atoms with Crippen LogP contribution < -0.4 is 0 Å². The third-order valence-electron chi connectivity index (χ3n) is 2.97. The molecule has 0 aliphatic rings. The molecule has 0 saturated heterocycles. The summed E-state index contributed by atoms with van der Waals surface area (Å²) in [5.74, 6) is 0. The number of hydrogen-bond donors (Lipinski definition) is 0. The maximum absolute atomic E-state index is 12.2.